The molecule has 1 amide bonds. The molecule has 0 fully saturated rings. The fraction of sp³-hybridized carbons (Fsp3) is 0.188. The number of esters is 1. The predicted molar refractivity (Wildman–Crippen MR) is 156 cm³/mol. The molecule has 0 aliphatic heterocycles. The SMILES string of the molecule is COc1ccc(S(=O)(=O)N[C@H](Cc2ccccc2)C(=O)OC[C@@H](Cc2ccccc2)NC(=O)c2ccccc2)cc1. The molecular formula is C32H32N2O6S. The Bertz CT molecular complexity index is 1510. The smallest absolute Gasteiger partial charge is 0.324 e. The van der Waals surface area contributed by atoms with E-state index in [1.54, 1.807) is 36.4 Å². The Hall–Kier alpha value is -4.47. The second-order valence-corrected chi connectivity index (χ2v) is 11.1. The lowest BCUT2D eigenvalue weighted by Crippen LogP contribution is -2.46. The van der Waals surface area contributed by atoms with Crippen LogP contribution in [0.4, 0.5) is 0 Å². The molecule has 8 nitrogen and oxygen atoms in total. The maximum absolute atomic E-state index is 13.4. The lowest BCUT2D eigenvalue weighted by Gasteiger charge is -2.22. The second-order valence-electron chi connectivity index (χ2n) is 9.40. The van der Waals surface area contributed by atoms with Gasteiger partial charge in [0.1, 0.15) is 18.4 Å². The second kappa shape index (κ2) is 14.2. The van der Waals surface area contributed by atoms with Crippen molar-refractivity contribution in [3.05, 3.63) is 132 Å². The first kappa shape index (κ1) is 29.5. The lowest BCUT2D eigenvalue weighted by atomic mass is 10.1. The van der Waals surface area contributed by atoms with E-state index in [4.69, 9.17) is 9.47 Å². The fourth-order valence-electron chi connectivity index (χ4n) is 4.22. The van der Waals surface area contributed by atoms with Gasteiger partial charge in [0, 0.05) is 5.56 Å². The molecular weight excluding hydrogens is 540 g/mol. The number of amides is 1. The van der Waals surface area contributed by atoms with E-state index in [0.29, 0.717) is 17.7 Å². The van der Waals surface area contributed by atoms with Crippen molar-refractivity contribution in [2.24, 2.45) is 0 Å². The van der Waals surface area contributed by atoms with Crippen LogP contribution in [-0.4, -0.2) is 46.1 Å². The molecule has 0 aromatic heterocycles. The van der Waals surface area contributed by atoms with Crippen molar-refractivity contribution in [2.75, 3.05) is 13.7 Å². The summed E-state index contributed by atoms with van der Waals surface area (Å²) < 4.78 is 39.7. The molecule has 0 aliphatic rings. The molecule has 0 aliphatic carbocycles. The van der Waals surface area contributed by atoms with Crippen molar-refractivity contribution in [1.82, 2.24) is 10.0 Å². The molecule has 4 rings (SSSR count). The van der Waals surface area contributed by atoms with Gasteiger partial charge < -0.3 is 14.8 Å². The summed E-state index contributed by atoms with van der Waals surface area (Å²) in [6.45, 7) is -0.151. The summed E-state index contributed by atoms with van der Waals surface area (Å²) >= 11 is 0. The van der Waals surface area contributed by atoms with Crippen LogP contribution in [0.5, 0.6) is 5.75 Å². The Morgan fingerprint density at radius 2 is 1.27 bits per heavy atom. The van der Waals surface area contributed by atoms with Gasteiger partial charge in [0.05, 0.1) is 18.0 Å². The van der Waals surface area contributed by atoms with Gasteiger partial charge in [-0.05, 0) is 60.4 Å². The summed E-state index contributed by atoms with van der Waals surface area (Å²) in [6.07, 6.45) is 0.488. The van der Waals surface area contributed by atoms with E-state index >= 15 is 0 Å². The molecule has 2 N–H and O–H groups in total. The highest BCUT2D eigenvalue weighted by atomic mass is 32.2. The van der Waals surface area contributed by atoms with Crippen LogP contribution < -0.4 is 14.8 Å². The number of rotatable bonds is 13. The van der Waals surface area contributed by atoms with E-state index < -0.39 is 28.1 Å². The van der Waals surface area contributed by atoms with Crippen LogP contribution in [0.3, 0.4) is 0 Å². The average Bonchev–Trinajstić information content (AvgIpc) is 3.00. The van der Waals surface area contributed by atoms with Gasteiger partial charge in [0.2, 0.25) is 10.0 Å². The summed E-state index contributed by atoms with van der Waals surface area (Å²) in [5.74, 6) is -0.548. The monoisotopic (exact) mass is 572 g/mol. The van der Waals surface area contributed by atoms with Crippen LogP contribution in [0.2, 0.25) is 0 Å². The first-order valence-electron chi connectivity index (χ1n) is 13.1. The summed E-state index contributed by atoms with van der Waals surface area (Å²) in [7, 11) is -2.58. The largest absolute Gasteiger partial charge is 0.497 e. The highest BCUT2D eigenvalue weighted by Gasteiger charge is 2.28. The Kier molecular flexibility index (Phi) is 10.3. The number of hydrogen-bond acceptors (Lipinski definition) is 6. The molecule has 0 heterocycles. The molecule has 212 valence electrons. The normalized spacial score (nSPS) is 12.6. The number of hydrogen-bond donors (Lipinski definition) is 2. The molecule has 41 heavy (non-hydrogen) atoms. The minimum absolute atomic E-state index is 0.0127. The van der Waals surface area contributed by atoms with E-state index in [1.165, 1.54) is 31.4 Å². The molecule has 9 heteroatoms. The van der Waals surface area contributed by atoms with Crippen molar-refractivity contribution in [2.45, 2.75) is 29.8 Å². The van der Waals surface area contributed by atoms with E-state index in [1.807, 2.05) is 54.6 Å². The third kappa shape index (κ3) is 8.76. The minimum atomic E-state index is -4.07. The van der Waals surface area contributed by atoms with Crippen molar-refractivity contribution in [1.29, 1.82) is 0 Å². The van der Waals surface area contributed by atoms with Gasteiger partial charge in [-0.25, -0.2) is 8.42 Å². The van der Waals surface area contributed by atoms with Crippen LogP contribution >= 0.6 is 0 Å². The van der Waals surface area contributed by atoms with E-state index in [2.05, 4.69) is 10.0 Å². The third-order valence-corrected chi connectivity index (χ3v) is 7.84. The number of carbonyl (C=O) groups excluding carboxylic acids is 2. The molecule has 0 unspecified atom stereocenters. The number of methoxy groups -OCH3 is 1. The summed E-state index contributed by atoms with van der Waals surface area (Å²) in [6, 6.07) is 31.5. The van der Waals surface area contributed by atoms with Crippen molar-refractivity contribution >= 4 is 21.9 Å². The van der Waals surface area contributed by atoms with Crippen LogP contribution in [-0.2, 0) is 32.4 Å². The average molecular weight is 573 g/mol. The maximum Gasteiger partial charge on any atom is 0.324 e. The zero-order valence-corrected chi connectivity index (χ0v) is 23.4. The Morgan fingerprint density at radius 3 is 1.83 bits per heavy atom. The molecule has 0 radical (unpaired) electrons. The first-order chi connectivity index (χ1) is 19.8. The quantitative estimate of drug-likeness (QED) is 0.233. The summed E-state index contributed by atoms with van der Waals surface area (Å²) in [5, 5.41) is 2.94. The zero-order chi connectivity index (χ0) is 29.1. The highest BCUT2D eigenvalue weighted by Crippen LogP contribution is 2.17. The number of carbonyl (C=O) groups is 2. The number of ether oxygens (including phenoxy) is 2. The van der Waals surface area contributed by atoms with Gasteiger partial charge in [-0.1, -0.05) is 78.9 Å². The summed E-state index contributed by atoms with van der Waals surface area (Å²) in [5.41, 5.74) is 2.18. The molecule has 4 aromatic rings. The first-order valence-corrected chi connectivity index (χ1v) is 14.6. The van der Waals surface area contributed by atoms with Crippen molar-refractivity contribution in [3.63, 3.8) is 0 Å². The fourth-order valence-corrected chi connectivity index (χ4v) is 5.41. The standard InChI is InChI=1S/C32H32N2O6S/c1-39-28-17-19-29(20-18-28)41(37,38)34-30(22-25-13-7-3-8-14-25)32(36)40-23-27(21-24-11-5-2-6-12-24)33-31(35)26-15-9-4-10-16-26/h2-20,27,30,34H,21-23H2,1H3,(H,33,35)/t27-,30-/m1/s1. The topological polar surface area (TPSA) is 111 Å². The van der Waals surface area contributed by atoms with Crippen LogP contribution in [0, 0.1) is 0 Å². The minimum Gasteiger partial charge on any atom is -0.497 e. The third-order valence-electron chi connectivity index (χ3n) is 6.36. The zero-order valence-electron chi connectivity index (χ0n) is 22.6. The van der Waals surface area contributed by atoms with Gasteiger partial charge >= 0.3 is 5.97 Å². The van der Waals surface area contributed by atoms with Crippen LogP contribution in [0.1, 0.15) is 21.5 Å². The van der Waals surface area contributed by atoms with Gasteiger partial charge in [-0.3, -0.25) is 9.59 Å². The number of sulfonamides is 1. The highest BCUT2D eigenvalue weighted by molar-refractivity contribution is 7.89. The lowest BCUT2D eigenvalue weighted by molar-refractivity contribution is -0.146. The molecule has 0 saturated carbocycles. The maximum atomic E-state index is 13.4. The molecule has 0 bridgehead atoms. The number of nitrogens with one attached hydrogen (secondary N) is 2. The molecule has 4 aromatic carbocycles. The van der Waals surface area contributed by atoms with E-state index in [0.717, 1.165) is 11.1 Å². The predicted octanol–water partition coefficient (Wildman–Crippen LogP) is 4.17. The van der Waals surface area contributed by atoms with Crippen molar-refractivity contribution in [3.8, 4) is 5.75 Å². The van der Waals surface area contributed by atoms with Gasteiger partial charge in [-0.2, -0.15) is 4.72 Å². The van der Waals surface area contributed by atoms with Gasteiger partial charge in [0.15, 0.2) is 0 Å². The molecule has 2 atom stereocenters. The summed E-state index contributed by atoms with van der Waals surface area (Å²) in [4.78, 5) is 26.3. The van der Waals surface area contributed by atoms with Gasteiger partial charge in [-0.15, -0.1) is 0 Å². The van der Waals surface area contributed by atoms with E-state index in [9.17, 15) is 18.0 Å². The molecule has 0 saturated heterocycles. The Labute approximate surface area is 240 Å². The van der Waals surface area contributed by atoms with E-state index in [-0.39, 0.29) is 23.8 Å². The van der Waals surface area contributed by atoms with Crippen LogP contribution in [0.25, 0.3) is 0 Å². The van der Waals surface area contributed by atoms with Crippen molar-refractivity contribution < 1.29 is 27.5 Å². The Morgan fingerprint density at radius 1 is 0.732 bits per heavy atom. The Balaban J connectivity index is 1.51. The molecule has 0 spiro atoms. The van der Waals surface area contributed by atoms with Crippen LogP contribution in [0.15, 0.2) is 120 Å². The van der Waals surface area contributed by atoms with Gasteiger partial charge in [0.25, 0.3) is 5.91 Å². The number of benzene rings is 4.